The number of carboxylic acid groups (broad SMARTS) is 1. The number of amides is 3. The van der Waals surface area contributed by atoms with Gasteiger partial charge in [-0.3, -0.25) is 9.59 Å². The number of hydrogen-bond acceptors (Lipinski definition) is 11. The van der Waals surface area contributed by atoms with Gasteiger partial charge in [-0.25, -0.2) is 19.6 Å². The average Bonchev–Trinajstić information content (AvgIpc) is 3.59. The molecule has 300 valence electrons. The summed E-state index contributed by atoms with van der Waals surface area (Å²) in [5.41, 5.74) is 1.26. The van der Waals surface area contributed by atoms with E-state index in [4.69, 9.17) is 24.2 Å². The van der Waals surface area contributed by atoms with E-state index in [0.717, 1.165) is 61.0 Å². The quantitative estimate of drug-likeness (QED) is 0.177. The summed E-state index contributed by atoms with van der Waals surface area (Å²) < 4.78 is 18.1. The molecule has 2 aliphatic carbocycles. The molecule has 3 fully saturated rings. The van der Waals surface area contributed by atoms with Gasteiger partial charge in [0.05, 0.1) is 24.9 Å². The minimum absolute atomic E-state index is 0.0314. The second-order valence-corrected chi connectivity index (χ2v) is 16.6. The van der Waals surface area contributed by atoms with Gasteiger partial charge in [-0.05, 0) is 84.3 Å². The van der Waals surface area contributed by atoms with Gasteiger partial charge in [0.2, 0.25) is 11.8 Å². The molecule has 5 atom stereocenters. The van der Waals surface area contributed by atoms with Crippen molar-refractivity contribution < 1.29 is 38.5 Å². The Bertz CT molecular complexity index is 2000. The first-order valence-electron chi connectivity index (χ1n) is 19.8. The van der Waals surface area contributed by atoms with Crippen LogP contribution < -0.4 is 25.4 Å². The Morgan fingerprint density at radius 1 is 1.04 bits per heavy atom. The van der Waals surface area contributed by atoms with E-state index in [-0.39, 0.29) is 37.5 Å². The minimum Gasteiger partial charge on any atom is -0.496 e. The average molecular weight is 789 g/mol. The van der Waals surface area contributed by atoms with Gasteiger partial charge in [0.25, 0.3) is 0 Å². The highest BCUT2D eigenvalue weighted by molar-refractivity contribution is 7.14. The summed E-state index contributed by atoms with van der Waals surface area (Å²) in [5, 5.41) is 22.7. The van der Waals surface area contributed by atoms with E-state index in [1.807, 2.05) is 56.5 Å². The number of carboxylic acids is 1. The number of hydrogen-bond donors (Lipinski definition) is 4. The number of aryl methyl sites for hydroxylation is 1. The number of pyridine rings is 1. The molecule has 4 aliphatic rings. The number of carbonyl (C=O) groups is 4. The fourth-order valence-corrected chi connectivity index (χ4v) is 9.05. The highest BCUT2D eigenvalue weighted by Gasteiger charge is 2.61. The van der Waals surface area contributed by atoms with Gasteiger partial charge in [-0.15, -0.1) is 11.3 Å². The molecule has 7 rings (SSSR count). The van der Waals surface area contributed by atoms with E-state index in [2.05, 4.69) is 16.0 Å². The summed E-state index contributed by atoms with van der Waals surface area (Å²) in [6.07, 6.45) is 9.71. The molecule has 1 aromatic carbocycles. The van der Waals surface area contributed by atoms with Crippen LogP contribution >= 0.6 is 11.3 Å². The summed E-state index contributed by atoms with van der Waals surface area (Å²) in [4.78, 5) is 65.8. The topological polar surface area (TPSA) is 181 Å². The first-order valence-corrected chi connectivity index (χ1v) is 20.7. The summed E-state index contributed by atoms with van der Waals surface area (Å²) in [5.74, 6) is -1.32. The summed E-state index contributed by atoms with van der Waals surface area (Å²) >= 11 is 1.47. The lowest BCUT2D eigenvalue weighted by atomic mass is 10.0. The Balaban J connectivity index is 1.22. The van der Waals surface area contributed by atoms with Gasteiger partial charge in [0.1, 0.15) is 47.0 Å². The molecular formula is C41H52N6O8S. The van der Waals surface area contributed by atoms with Crippen LogP contribution in [-0.2, 0) is 19.1 Å². The number of rotatable bonds is 9. The van der Waals surface area contributed by atoms with Crippen LogP contribution in [0.1, 0.15) is 90.0 Å². The molecule has 3 amide bonds. The zero-order valence-electron chi connectivity index (χ0n) is 32.5. The number of aliphatic carboxylic acids is 1. The van der Waals surface area contributed by atoms with Gasteiger partial charge in [0, 0.05) is 40.8 Å². The number of anilines is 1. The number of benzene rings is 1. The fraction of sp³-hybridized carbons (Fsp3) is 0.561. The van der Waals surface area contributed by atoms with Gasteiger partial charge in [-0.1, -0.05) is 25.0 Å². The maximum atomic E-state index is 14.6. The van der Waals surface area contributed by atoms with E-state index >= 15 is 0 Å². The SMILES string of the molecule is COc1ccc2c(OC3CC4C(=O)NC5(C(=O)O)CC5/C=C/CCCCCC(NC(=O)OC5CCCC5)C(=O)N4C3)cc(-c3csc(NC(C)C)n3)nc2c1C. The number of methoxy groups -OCH3 is 1. The van der Waals surface area contributed by atoms with Crippen molar-refractivity contribution in [1.82, 2.24) is 25.5 Å². The lowest BCUT2D eigenvalue weighted by Gasteiger charge is -2.29. The molecule has 4 heterocycles. The molecule has 4 N–H and O–H groups in total. The second-order valence-electron chi connectivity index (χ2n) is 15.8. The number of alkyl carbamates (subject to hydrolysis) is 1. The first kappa shape index (κ1) is 39.3. The largest absolute Gasteiger partial charge is 0.496 e. The lowest BCUT2D eigenvalue weighted by Crippen LogP contribution is -2.56. The highest BCUT2D eigenvalue weighted by atomic mass is 32.1. The van der Waals surface area contributed by atoms with E-state index in [0.29, 0.717) is 41.2 Å². The van der Waals surface area contributed by atoms with Crippen LogP contribution in [0.4, 0.5) is 9.93 Å². The van der Waals surface area contributed by atoms with E-state index in [1.165, 1.54) is 16.2 Å². The maximum absolute atomic E-state index is 14.6. The van der Waals surface area contributed by atoms with Crippen molar-refractivity contribution in [2.45, 2.75) is 127 Å². The number of ether oxygens (including phenoxy) is 3. The zero-order chi connectivity index (χ0) is 39.6. The molecule has 0 spiro atoms. The van der Waals surface area contributed by atoms with Crippen LogP contribution in [0, 0.1) is 12.8 Å². The predicted octanol–water partition coefficient (Wildman–Crippen LogP) is 6.36. The van der Waals surface area contributed by atoms with Crippen molar-refractivity contribution in [3.8, 4) is 22.9 Å². The number of aromatic nitrogens is 2. The molecule has 2 aromatic heterocycles. The standard InChI is InChI=1S/C41H52N6O8S/c1-23(2)42-39-44-31(22-56-39)30-19-34(28-16-17-33(53-4)24(3)35(28)43-30)54-27-18-32-36(48)46-41(38(50)51)20-25(41)12-8-6-5-7-9-15-29(37(49)47(32)21-27)45-40(52)55-26-13-10-11-14-26/h8,12,16-17,19,22-23,25-27,29,32H,5-7,9-11,13-15,18,20-21H2,1-4H3,(H,42,44)(H,45,52)(H,46,48)(H,50,51)/b12-8+. The number of fused-ring (bicyclic) bond motifs is 3. The van der Waals surface area contributed by atoms with Crippen molar-refractivity contribution in [3.63, 3.8) is 0 Å². The van der Waals surface area contributed by atoms with Gasteiger partial charge >= 0.3 is 12.1 Å². The fourth-order valence-electron chi connectivity index (χ4n) is 8.19. The van der Waals surface area contributed by atoms with E-state index in [9.17, 15) is 24.3 Å². The van der Waals surface area contributed by atoms with Gasteiger partial charge < -0.3 is 40.2 Å². The molecule has 2 saturated carbocycles. The van der Waals surface area contributed by atoms with Crippen molar-refractivity contribution in [1.29, 1.82) is 0 Å². The number of thiazole rings is 1. The molecule has 1 saturated heterocycles. The van der Waals surface area contributed by atoms with Gasteiger partial charge in [-0.2, -0.15) is 0 Å². The van der Waals surface area contributed by atoms with Crippen molar-refractivity contribution in [3.05, 3.63) is 41.3 Å². The Labute approximate surface area is 330 Å². The van der Waals surface area contributed by atoms with E-state index in [1.54, 1.807) is 7.11 Å². The van der Waals surface area contributed by atoms with Crippen LogP contribution in [0.3, 0.4) is 0 Å². The van der Waals surface area contributed by atoms with Crippen molar-refractivity contribution >= 4 is 51.2 Å². The zero-order valence-corrected chi connectivity index (χ0v) is 33.3. The second kappa shape index (κ2) is 16.7. The third-order valence-corrected chi connectivity index (χ3v) is 12.1. The van der Waals surface area contributed by atoms with E-state index < -0.39 is 47.6 Å². The maximum Gasteiger partial charge on any atom is 0.408 e. The molecule has 3 aromatic rings. The number of nitrogens with zero attached hydrogens (tertiary/aromatic N) is 3. The lowest BCUT2D eigenvalue weighted by molar-refractivity contribution is -0.145. The molecule has 0 radical (unpaired) electrons. The Kier molecular flexibility index (Phi) is 11.7. The molecule has 56 heavy (non-hydrogen) atoms. The Morgan fingerprint density at radius 2 is 1.82 bits per heavy atom. The summed E-state index contributed by atoms with van der Waals surface area (Å²) in [7, 11) is 1.60. The third-order valence-electron chi connectivity index (χ3n) is 11.3. The summed E-state index contributed by atoms with van der Waals surface area (Å²) in [6.45, 7) is 6.04. The minimum atomic E-state index is -1.45. The van der Waals surface area contributed by atoms with Crippen molar-refractivity contribution in [2.75, 3.05) is 19.0 Å². The monoisotopic (exact) mass is 788 g/mol. The van der Waals surface area contributed by atoms with Crippen LogP contribution in [0.15, 0.2) is 35.7 Å². The molecule has 15 heteroatoms. The van der Waals surface area contributed by atoms with Crippen LogP contribution in [0.5, 0.6) is 11.5 Å². The smallest absolute Gasteiger partial charge is 0.408 e. The molecular weight excluding hydrogens is 737 g/mol. The number of nitrogens with one attached hydrogen (secondary N) is 3. The van der Waals surface area contributed by atoms with Crippen molar-refractivity contribution in [2.24, 2.45) is 5.92 Å². The summed E-state index contributed by atoms with van der Waals surface area (Å²) in [6, 6.07) is 3.75. The van der Waals surface area contributed by atoms with Crippen LogP contribution in [0.25, 0.3) is 22.3 Å². The van der Waals surface area contributed by atoms with Crippen LogP contribution in [0.2, 0.25) is 0 Å². The highest BCUT2D eigenvalue weighted by Crippen LogP contribution is 2.46. The molecule has 2 aliphatic heterocycles. The Hall–Kier alpha value is -4.92. The Morgan fingerprint density at radius 3 is 2.57 bits per heavy atom. The predicted molar refractivity (Wildman–Crippen MR) is 212 cm³/mol. The molecule has 5 unspecified atom stereocenters. The number of allylic oxidation sites excluding steroid dienone is 1. The number of carbonyl (C=O) groups excluding carboxylic acids is 3. The molecule has 0 bridgehead atoms. The van der Waals surface area contributed by atoms with Crippen LogP contribution in [-0.4, -0.2) is 93.4 Å². The van der Waals surface area contributed by atoms with Gasteiger partial charge in [0.15, 0.2) is 5.13 Å². The first-order chi connectivity index (χ1) is 26.9. The normalized spacial score (nSPS) is 26.4. The molecule has 14 nitrogen and oxygen atoms in total. The third kappa shape index (κ3) is 8.42.